The van der Waals surface area contributed by atoms with Crippen LogP contribution in [0.5, 0.6) is 0 Å². The third kappa shape index (κ3) is 11.0. The number of hydrogen-bond acceptors (Lipinski definition) is 6. The van der Waals surface area contributed by atoms with Crippen LogP contribution in [0.2, 0.25) is 0 Å². The van der Waals surface area contributed by atoms with Crippen LogP contribution in [-0.2, 0) is 41.0 Å². The van der Waals surface area contributed by atoms with Gasteiger partial charge in [-0.15, -0.1) is 0 Å². The predicted molar refractivity (Wildman–Crippen MR) is 52.4 cm³/mol. The minimum absolute atomic E-state index is 0. The maximum absolute atomic E-state index is 10.3. The molecule has 12 heteroatoms. The molecule has 0 amide bonds. The van der Waals surface area contributed by atoms with Gasteiger partial charge in [-0.2, -0.15) is 0 Å². The van der Waals surface area contributed by atoms with Gasteiger partial charge in [-0.1, -0.05) is 0 Å². The van der Waals surface area contributed by atoms with Crippen molar-refractivity contribution in [3.8, 4) is 0 Å². The van der Waals surface area contributed by atoms with Gasteiger partial charge >= 0.3 is 29.8 Å². The Hall–Kier alpha value is -2.17. The first-order chi connectivity index (χ1) is 8.42. The maximum atomic E-state index is 10.3. The SMILES string of the molecule is O=C(O)C(=O)O.O=C(O)CC(O)(CC(=O)O)C(=O)O.[Fe]. The van der Waals surface area contributed by atoms with Gasteiger partial charge in [-0.25, -0.2) is 14.4 Å². The number of carboxylic acids is 5. The number of aliphatic hydroxyl groups is 1. The molecule has 0 atom stereocenters. The van der Waals surface area contributed by atoms with Crippen LogP contribution in [0.4, 0.5) is 0 Å². The molecule has 0 fully saturated rings. The number of carbonyl (C=O) groups is 5. The van der Waals surface area contributed by atoms with Crippen molar-refractivity contribution < 1.29 is 71.7 Å². The summed E-state index contributed by atoms with van der Waals surface area (Å²) in [5, 5.41) is 48.6. The fraction of sp³-hybridized carbons (Fsp3) is 0.375. The van der Waals surface area contributed by atoms with Crippen molar-refractivity contribution in [2.75, 3.05) is 0 Å². The van der Waals surface area contributed by atoms with Gasteiger partial charge in [0.2, 0.25) is 0 Å². The first-order valence-corrected chi connectivity index (χ1v) is 4.28. The summed E-state index contributed by atoms with van der Waals surface area (Å²) in [7, 11) is 0. The Morgan fingerprint density at radius 3 is 1.05 bits per heavy atom. The smallest absolute Gasteiger partial charge is 0.414 e. The minimum atomic E-state index is -2.74. The van der Waals surface area contributed by atoms with Crippen LogP contribution < -0.4 is 0 Å². The third-order valence-corrected chi connectivity index (χ3v) is 1.47. The van der Waals surface area contributed by atoms with E-state index < -0.39 is 48.3 Å². The Morgan fingerprint density at radius 1 is 0.700 bits per heavy atom. The molecule has 0 unspecified atom stereocenters. The molecule has 6 N–H and O–H groups in total. The average molecular weight is 338 g/mol. The van der Waals surface area contributed by atoms with Gasteiger partial charge in [0.25, 0.3) is 0 Å². The molecule has 0 aliphatic heterocycles. The quantitative estimate of drug-likeness (QED) is 0.236. The zero-order valence-electron chi connectivity index (χ0n) is 9.49. The van der Waals surface area contributed by atoms with Gasteiger partial charge in [-0.3, -0.25) is 9.59 Å². The molecule has 11 nitrogen and oxygen atoms in total. The van der Waals surface area contributed by atoms with E-state index in [0.29, 0.717) is 0 Å². The van der Waals surface area contributed by atoms with E-state index >= 15 is 0 Å². The first-order valence-electron chi connectivity index (χ1n) is 4.28. The number of rotatable bonds is 5. The standard InChI is InChI=1S/C6H8O7.C2H2O4.Fe/c7-3(8)1-6(13,5(11)12)2-4(9)10;3-1(4)2(5)6;/h13H,1-2H2,(H,7,8)(H,9,10)(H,11,12);(H,3,4)(H,5,6);. The van der Waals surface area contributed by atoms with Gasteiger partial charge in [0.1, 0.15) is 0 Å². The summed E-state index contributed by atoms with van der Waals surface area (Å²) >= 11 is 0. The molecule has 0 saturated heterocycles. The average Bonchev–Trinajstić information content (AvgIpc) is 2.14. The van der Waals surface area contributed by atoms with E-state index in [1.54, 1.807) is 0 Å². The maximum Gasteiger partial charge on any atom is 0.414 e. The summed E-state index contributed by atoms with van der Waals surface area (Å²) in [6, 6.07) is 0. The molecule has 0 aromatic rings. The normalized spacial score (nSPS) is 9.25. The Morgan fingerprint density at radius 2 is 0.950 bits per heavy atom. The molecule has 20 heavy (non-hydrogen) atoms. The summed E-state index contributed by atoms with van der Waals surface area (Å²) < 4.78 is 0. The van der Waals surface area contributed by atoms with Crippen molar-refractivity contribution in [1.29, 1.82) is 0 Å². The van der Waals surface area contributed by atoms with Crippen LogP contribution in [0.15, 0.2) is 0 Å². The molecule has 0 aromatic carbocycles. The summed E-state index contributed by atoms with van der Waals surface area (Å²) in [4.78, 5) is 48.7. The van der Waals surface area contributed by atoms with Crippen LogP contribution in [-0.4, -0.2) is 66.1 Å². The second-order valence-electron chi connectivity index (χ2n) is 3.09. The van der Waals surface area contributed by atoms with Crippen LogP contribution in [0.25, 0.3) is 0 Å². The molecule has 0 bridgehead atoms. The second-order valence-corrected chi connectivity index (χ2v) is 3.09. The Balaban J connectivity index is -0.000000352. The van der Waals surface area contributed by atoms with Crippen molar-refractivity contribution >= 4 is 29.8 Å². The molecule has 0 aliphatic carbocycles. The van der Waals surface area contributed by atoms with E-state index in [4.69, 9.17) is 40.2 Å². The Kier molecular flexibility index (Phi) is 11.2. The van der Waals surface area contributed by atoms with Crippen molar-refractivity contribution in [2.24, 2.45) is 0 Å². The molecule has 0 radical (unpaired) electrons. The van der Waals surface area contributed by atoms with Crippen molar-refractivity contribution in [1.82, 2.24) is 0 Å². The Labute approximate surface area is 120 Å². The van der Waals surface area contributed by atoms with Gasteiger partial charge in [0, 0.05) is 17.1 Å². The molecule has 0 saturated carbocycles. The molecular formula is C8H10FeO11. The topological polar surface area (TPSA) is 207 Å². The van der Waals surface area contributed by atoms with E-state index in [0.717, 1.165) is 0 Å². The fourth-order valence-electron chi connectivity index (χ4n) is 0.714. The van der Waals surface area contributed by atoms with E-state index in [1.165, 1.54) is 0 Å². The third-order valence-electron chi connectivity index (χ3n) is 1.47. The second kappa shape index (κ2) is 9.72. The number of carboxylic acid groups (broad SMARTS) is 5. The van der Waals surface area contributed by atoms with Gasteiger partial charge in [0.15, 0.2) is 5.60 Å². The van der Waals surface area contributed by atoms with E-state index in [9.17, 15) is 14.4 Å². The fourth-order valence-corrected chi connectivity index (χ4v) is 0.714. The van der Waals surface area contributed by atoms with Gasteiger partial charge < -0.3 is 30.6 Å². The summed E-state index contributed by atoms with van der Waals surface area (Å²) in [6.45, 7) is 0. The van der Waals surface area contributed by atoms with E-state index in [2.05, 4.69) is 0 Å². The van der Waals surface area contributed by atoms with Crippen LogP contribution in [0.1, 0.15) is 12.8 Å². The molecule has 0 heterocycles. The molecule has 0 rings (SSSR count). The van der Waals surface area contributed by atoms with Crippen molar-refractivity contribution in [3.63, 3.8) is 0 Å². The monoisotopic (exact) mass is 338 g/mol. The summed E-state index contributed by atoms with van der Waals surface area (Å²) in [6.07, 6.45) is -2.29. The largest absolute Gasteiger partial charge is 0.481 e. The molecule has 0 spiro atoms. The van der Waals surface area contributed by atoms with Crippen LogP contribution in [0, 0.1) is 0 Å². The van der Waals surface area contributed by atoms with Gasteiger partial charge in [-0.05, 0) is 0 Å². The summed E-state index contributed by atoms with van der Waals surface area (Å²) in [5.41, 5.74) is -2.74. The molecule has 0 aromatic heterocycles. The zero-order chi connectivity index (χ0) is 15.8. The van der Waals surface area contributed by atoms with E-state index in [1.807, 2.05) is 0 Å². The first kappa shape index (κ1) is 23.0. The van der Waals surface area contributed by atoms with Crippen molar-refractivity contribution in [3.05, 3.63) is 0 Å². The Bertz CT molecular complexity index is 373. The zero-order valence-corrected chi connectivity index (χ0v) is 10.6. The minimum Gasteiger partial charge on any atom is -0.481 e. The number of hydrogen-bond donors (Lipinski definition) is 6. The molecule has 0 aliphatic rings. The van der Waals surface area contributed by atoms with Crippen LogP contribution >= 0.6 is 0 Å². The van der Waals surface area contributed by atoms with Gasteiger partial charge in [0.05, 0.1) is 12.8 Å². The number of aliphatic carboxylic acids is 5. The van der Waals surface area contributed by atoms with Crippen molar-refractivity contribution in [2.45, 2.75) is 18.4 Å². The van der Waals surface area contributed by atoms with Crippen LogP contribution in [0.3, 0.4) is 0 Å². The molecular weight excluding hydrogens is 328 g/mol. The predicted octanol–water partition coefficient (Wildman–Crippen LogP) is -2.10. The van der Waals surface area contributed by atoms with E-state index in [-0.39, 0.29) is 17.1 Å². The molecule has 116 valence electrons. The summed E-state index contributed by atoms with van der Waals surface area (Å²) in [5.74, 6) is -8.67.